The van der Waals surface area contributed by atoms with Crippen molar-refractivity contribution in [3.8, 4) is 0 Å². The maximum absolute atomic E-state index is 11.9. The van der Waals surface area contributed by atoms with E-state index < -0.39 is 10.8 Å². The second-order valence-electron chi connectivity index (χ2n) is 4.61. The van der Waals surface area contributed by atoms with Gasteiger partial charge in [-0.1, -0.05) is 13.8 Å². The Kier molecular flexibility index (Phi) is 6.38. The van der Waals surface area contributed by atoms with E-state index >= 15 is 0 Å². The summed E-state index contributed by atoms with van der Waals surface area (Å²) in [4.78, 5) is 23.2. The number of rotatable bonds is 6. The first-order valence-corrected chi connectivity index (χ1v) is 7.66. The molecule has 2 amide bonds. The first-order valence-electron chi connectivity index (χ1n) is 6.45. The highest BCUT2D eigenvalue weighted by molar-refractivity contribution is 7.85. The molecule has 0 aliphatic heterocycles. The summed E-state index contributed by atoms with van der Waals surface area (Å²) >= 11 is 0. The lowest BCUT2D eigenvalue weighted by Gasteiger charge is -2.08. The van der Waals surface area contributed by atoms with Gasteiger partial charge in [-0.3, -0.25) is 13.8 Å². The predicted octanol–water partition coefficient (Wildman–Crippen LogP) is 1.07. The lowest BCUT2D eigenvalue weighted by Crippen LogP contribution is -2.33. The molecular formula is C14H20N2O3S. The van der Waals surface area contributed by atoms with Gasteiger partial charge in [0.1, 0.15) is 0 Å². The van der Waals surface area contributed by atoms with Crippen LogP contribution in [0.25, 0.3) is 0 Å². The minimum Gasteiger partial charge on any atom is -0.355 e. The van der Waals surface area contributed by atoms with Crippen LogP contribution in [0, 0.1) is 0 Å². The number of amides is 2. The molecule has 0 heterocycles. The Morgan fingerprint density at radius 2 is 1.65 bits per heavy atom. The van der Waals surface area contributed by atoms with Crippen LogP contribution in [0.15, 0.2) is 29.2 Å². The van der Waals surface area contributed by atoms with Gasteiger partial charge in [0.2, 0.25) is 5.91 Å². The molecule has 0 radical (unpaired) electrons. The fourth-order valence-electron chi connectivity index (χ4n) is 1.53. The number of carbonyl (C=O) groups is 2. The Balaban J connectivity index is 2.53. The van der Waals surface area contributed by atoms with Gasteiger partial charge in [-0.15, -0.1) is 0 Å². The molecule has 0 aromatic heterocycles. The van der Waals surface area contributed by atoms with Gasteiger partial charge in [-0.25, -0.2) is 0 Å². The van der Waals surface area contributed by atoms with Crippen molar-refractivity contribution in [3.05, 3.63) is 29.8 Å². The van der Waals surface area contributed by atoms with Gasteiger partial charge in [-0.2, -0.15) is 0 Å². The van der Waals surface area contributed by atoms with Crippen molar-refractivity contribution >= 4 is 22.6 Å². The highest BCUT2D eigenvalue weighted by Gasteiger charge is 2.10. The van der Waals surface area contributed by atoms with Crippen LogP contribution in [0.2, 0.25) is 0 Å². The summed E-state index contributed by atoms with van der Waals surface area (Å²) in [6.07, 6.45) is 0. The fraction of sp³-hybridized carbons (Fsp3) is 0.429. The van der Waals surface area contributed by atoms with Crippen LogP contribution in [-0.4, -0.2) is 34.4 Å². The summed E-state index contributed by atoms with van der Waals surface area (Å²) in [7, 11) is -1.05. The van der Waals surface area contributed by atoms with Crippen molar-refractivity contribution in [3.63, 3.8) is 0 Å². The van der Waals surface area contributed by atoms with Crippen molar-refractivity contribution in [2.24, 2.45) is 0 Å². The van der Waals surface area contributed by atoms with Gasteiger partial charge in [0.05, 0.1) is 10.8 Å². The molecule has 6 heteroatoms. The van der Waals surface area contributed by atoms with Gasteiger partial charge < -0.3 is 10.6 Å². The van der Waals surface area contributed by atoms with Gasteiger partial charge in [0.25, 0.3) is 5.91 Å². The summed E-state index contributed by atoms with van der Waals surface area (Å²) in [6.45, 7) is 5.97. The molecule has 1 aromatic carbocycles. The molecule has 0 aliphatic carbocycles. The highest BCUT2D eigenvalue weighted by Crippen LogP contribution is 2.12. The third-order valence-electron chi connectivity index (χ3n) is 2.56. The number of carbonyl (C=O) groups excluding carboxylic acids is 2. The van der Waals surface area contributed by atoms with E-state index in [1.165, 1.54) is 6.92 Å². The summed E-state index contributed by atoms with van der Waals surface area (Å²) in [6, 6.07) is 6.73. The SMILES string of the molecule is CC(=O)NCCNC(=O)c1ccc([S@](=O)C(C)C)cc1. The Labute approximate surface area is 121 Å². The van der Waals surface area contributed by atoms with Gasteiger partial charge >= 0.3 is 0 Å². The Bertz CT molecular complexity index is 498. The molecule has 0 spiro atoms. The van der Waals surface area contributed by atoms with Crippen molar-refractivity contribution in [1.29, 1.82) is 0 Å². The number of benzene rings is 1. The first kappa shape index (κ1) is 16.4. The number of hydrogen-bond acceptors (Lipinski definition) is 3. The first-order chi connectivity index (χ1) is 9.41. The van der Waals surface area contributed by atoms with Crippen LogP contribution in [0.4, 0.5) is 0 Å². The average molecular weight is 296 g/mol. The molecule has 0 saturated carbocycles. The van der Waals surface area contributed by atoms with E-state index in [1.54, 1.807) is 24.3 Å². The van der Waals surface area contributed by atoms with E-state index in [0.717, 1.165) is 4.90 Å². The molecule has 2 N–H and O–H groups in total. The zero-order chi connectivity index (χ0) is 15.1. The fourth-order valence-corrected chi connectivity index (χ4v) is 2.48. The average Bonchev–Trinajstić information content (AvgIpc) is 2.42. The number of nitrogens with one attached hydrogen (secondary N) is 2. The minimum atomic E-state index is -1.05. The molecule has 110 valence electrons. The van der Waals surface area contributed by atoms with Crippen LogP contribution in [0.1, 0.15) is 31.1 Å². The lowest BCUT2D eigenvalue weighted by atomic mass is 10.2. The monoisotopic (exact) mass is 296 g/mol. The molecule has 0 saturated heterocycles. The maximum Gasteiger partial charge on any atom is 0.251 e. The van der Waals surface area contributed by atoms with Crippen molar-refractivity contribution in [2.45, 2.75) is 30.9 Å². The third-order valence-corrected chi connectivity index (χ3v) is 4.15. The van der Waals surface area contributed by atoms with Crippen LogP contribution in [0.5, 0.6) is 0 Å². The molecule has 0 fully saturated rings. The standard InChI is InChI=1S/C14H20N2O3S/c1-10(2)20(19)13-6-4-12(5-7-13)14(18)16-9-8-15-11(3)17/h4-7,10H,8-9H2,1-3H3,(H,15,17)(H,16,18)/t20-/m1/s1. The molecular weight excluding hydrogens is 276 g/mol. The Morgan fingerprint density at radius 3 is 2.15 bits per heavy atom. The van der Waals surface area contributed by atoms with Crippen LogP contribution < -0.4 is 10.6 Å². The van der Waals surface area contributed by atoms with E-state index in [0.29, 0.717) is 18.7 Å². The predicted molar refractivity (Wildman–Crippen MR) is 79.0 cm³/mol. The van der Waals surface area contributed by atoms with Crippen molar-refractivity contribution < 1.29 is 13.8 Å². The van der Waals surface area contributed by atoms with Crippen LogP contribution in [0.3, 0.4) is 0 Å². The van der Waals surface area contributed by atoms with Gasteiger partial charge in [0, 0.05) is 35.7 Å². The highest BCUT2D eigenvalue weighted by atomic mass is 32.2. The molecule has 1 aromatic rings. The molecule has 0 unspecified atom stereocenters. The number of hydrogen-bond donors (Lipinski definition) is 2. The second kappa shape index (κ2) is 7.79. The Morgan fingerprint density at radius 1 is 1.10 bits per heavy atom. The largest absolute Gasteiger partial charge is 0.355 e. The normalized spacial score (nSPS) is 12.0. The van der Waals surface area contributed by atoms with Gasteiger partial charge in [0.15, 0.2) is 0 Å². The summed E-state index contributed by atoms with van der Waals surface area (Å²) < 4.78 is 11.9. The molecule has 1 rings (SSSR count). The zero-order valence-electron chi connectivity index (χ0n) is 11.9. The van der Waals surface area contributed by atoms with E-state index in [9.17, 15) is 13.8 Å². The van der Waals surface area contributed by atoms with E-state index in [-0.39, 0.29) is 17.1 Å². The van der Waals surface area contributed by atoms with E-state index in [2.05, 4.69) is 10.6 Å². The van der Waals surface area contributed by atoms with E-state index in [4.69, 9.17) is 0 Å². The van der Waals surface area contributed by atoms with Crippen LogP contribution >= 0.6 is 0 Å². The summed E-state index contributed by atoms with van der Waals surface area (Å²) in [5.74, 6) is -0.336. The molecule has 0 aliphatic rings. The van der Waals surface area contributed by atoms with Crippen molar-refractivity contribution in [1.82, 2.24) is 10.6 Å². The van der Waals surface area contributed by atoms with Gasteiger partial charge in [-0.05, 0) is 24.3 Å². The Hall–Kier alpha value is -1.69. The molecule has 1 atom stereocenters. The zero-order valence-corrected chi connectivity index (χ0v) is 12.8. The van der Waals surface area contributed by atoms with Crippen molar-refractivity contribution in [2.75, 3.05) is 13.1 Å². The smallest absolute Gasteiger partial charge is 0.251 e. The topological polar surface area (TPSA) is 75.3 Å². The second-order valence-corrected chi connectivity index (χ2v) is 6.62. The summed E-state index contributed by atoms with van der Waals surface area (Å²) in [5, 5.41) is 5.34. The van der Waals surface area contributed by atoms with E-state index in [1.807, 2.05) is 13.8 Å². The maximum atomic E-state index is 11.9. The lowest BCUT2D eigenvalue weighted by molar-refractivity contribution is -0.118. The molecule has 20 heavy (non-hydrogen) atoms. The molecule has 5 nitrogen and oxygen atoms in total. The molecule has 0 bridgehead atoms. The van der Waals surface area contributed by atoms with Crippen LogP contribution in [-0.2, 0) is 15.6 Å². The quantitative estimate of drug-likeness (QED) is 0.771. The minimum absolute atomic E-state index is 0.0485. The summed E-state index contributed by atoms with van der Waals surface area (Å²) in [5.41, 5.74) is 0.511. The third kappa shape index (κ3) is 5.13.